The lowest BCUT2D eigenvalue weighted by atomic mass is 10.1. The fourth-order valence-corrected chi connectivity index (χ4v) is 8.60. The Morgan fingerprint density at radius 1 is 0.324 bits per heavy atom. The van der Waals surface area contributed by atoms with Crippen molar-refractivity contribution in [2.45, 2.75) is 119 Å². The van der Waals surface area contributed by atoms with Crippen molar-refractivity contribution in [1.82, 2.24) is 19.9 Å². The molecule has 9 rings (SSSR count). The van der Waals surface area contributed by atoms with Crippen molar-refractivity contribution in [2.75, 3.05) is 45.4 Å². The molecule has 8 bridgehead atoms. The maximum atomic E-state index is 6.50. The fraction of sp³-hybridized carbons (Fsp3) is 0.429. The average Bonchev–Trinajstić information content (AvgIpc) is 4.09. The normalized spacial score (nSPS) is 12.2. The molecule has 0 amide bonds. The van der Waals surface area contributed by atoms with Crippen molar-refractivity contribution in [1.29, 1.82) is 0 Å². The van der Waals surface area contributed by atoms with Crippen LogP contribution in [0.4, 0.5) is 29.0 Å². The molecule has 4 aromatic carbocycles. The number of benzene rings is 4. The molecule has 1 aliphatic rings. The van der Waals surface area contributed by atoms with Gasteiger partial charge in [-0.25, -0.2) is 20.0 Å². The van der Waals surface area contributed by atoms with Gasteiger partial charge in [0.25, 0.3) is 0 Å². The van der Waals surface area contributed by atoms with Gasteiger partial charge in [-0.15, -0.1) is 0 Å². The Morgan fingerprint density at radius 3 is 0.859 bits per heavy atom. The molecule has 374 valence electrons. The molecule has 0 unspecified atom stereocenters. The Bertz CT molecular complexity index is 3400. The van der Waals surface area contributed by atoms with Crippen LogP contribution in [0.5, 0.6) is 34.5 Å². The summed E-state index contributed by atoms with van der Waals surface area (Å²) in [7, 11) is 0. The molecule has 15 heteroatoms. The van der Waals surface area contributed by atoms with E-state index in [0.29, 0.717) is 125 Å². The second-order valence-corrected chi connectivity index (χ2v) is 18.3. The monoisotopic (exact) mass is 964 g/mol. The van der Waals surface area contributed by atoms with E-state index >= 15 is 0 Å². The zero-order chi connectivity index (χ0) is 49.3. The summed E-state index contributed by atoms with van der Waals surface area (Å²) in [6.45, 7) is 16.2. The molecule has 4 aromatic heterocycles. The fourth-order valence-electron chi connectivity index (χ4n) is 8.60. The number of rotatable bonds is 24. The van der Waals surface area contributed by atoms with Crippen LogP contribution in [-0.2, 0) is 0 Å². The van der Waals surface area contributed by atoms with Gasteiger partial charge in [0.1, 0.15) is 45.2 Å². The van der Waals surface area contributed by atoms with E-state index < -0.39 is 0 Å². The lowest BCUT2D eigenvalue weighted by molar-refractivity contribution is 0.262. The largest absolute Gasteiger partial charge is 0.490 e. The molecule has 0 atom stereocenters. The molecule has 6 N–H and O–H groups in total. The van der Waals surface area contributed by atoms with Crippen LogP contribution < -0.4 is 56.1 Å². The van der Waals surface area contributed by atoms with Crippen LogP contribution in [0.2, 0.25) is 0 Å². The molecule has 1 aliphatic heterocycles. The first kappa shape index (κ1) is 48.8. The van der Waals surface area contributed by atoms with E-state index in [1.54, 1.807) is 0 Å². The quantitative estimate of drug-likeness (QED) is 0.0293. The summed E-state index contributed by atoms with van der Waals surface area (Å²) >= 11 is 0. The lowest BCUT2D eigenvalue weighted by Crippen LogP contribution is -2.10. The number of fused-ring (bicyclic) bond motifs is 20. The molecule has 0 fully saturated rings. The van der Waals surface area contributed by atoms with Gasteiger partial charge >= 0.3 is 0 Å². The smallest absolute Gasteiger partial charge is 0.161 e. The number of hydrogen-bond donors (Lipinski definition) is 5. The first-order valence-electron chi connectivity index (χ1n) is 26.0. The van der Waals surface area contributed by atoms with Gasteiger partial charge in [0.2, 0.25) is 0 Å². The van der Waals surface area contributed by atoms with E-state index in [-0.39, 0.29) is 0 Å². The third-order valence-electron chi connectivity index (χ3n) is 12.7. The zero-order valence-electron chi connectivity index (χ0n) is 42.2. The Labute approximate surface area is 414 Å². The standard InChI is InChI=1S/C56H69N9O6/c1-7-13-21-66-43-28-37-38(29-44(43)67-22-14-8-2)53-61-51(37)59-49-35-20-19-34(57)27-36(35)50(58-49)60-52-39-30-45(68-23-15-9-3)46(69-24-16-10-4)31-40(39)54(62-52)64-56-42-33-48(71-26-18-12-6)47(70-25-17-11-5)32-41(42)55(63-53)65-56/h19-20,27-33H,7-18,21-26,57H2,1-6H3,(H4,58,59,60,61,62,63,64,65). The summed E-state index contributed by atoms with van der Waals surface area (Å²) in [6.07, 6.45) is 11.4. The second-order valence-electron chi connectivity index (χ2n) is 18.3. The number of nitrogen functional groups attached to an aromatic ring is 1. The van der Waals surface area contributed by atoms with Gasteiger partial charge in [-0.1, -0.05) is 80.1 Å². The van der Waals surface area contributed by atoms with E-state index in [1.807, 2.05) is 54.6 Å². The minimum Gasteiger partial charge on any atom is -0.490 e. The van der Waals surface area contributed by atoms with Crippen molar-refractivity contribution in [3.63, 3.8) is 0 Å². The van der Waals surface area contributed by atoms with Crippen LogP contribution in [0, 0.1) is 0 Å². The molecule has 5 heterocycles. The SMILES string of the molecule is CCCCOc1cc2c3[nH]c(c2cc1OCCCC)N=c1[nH]c(c2cc(OCCCC)c(OCCCC)cc12)=Nc1[nH]c(c2ccc(N)cc12)N=c1[nH]c(c2cc(OCCCC)c(OCCCC)cc12)=N3. The van der Waals surface area contributed by atoms with E-state index in [9.17, 15) is 0 Å². The highest BCUT2D eigenvalue weighted by atomic mass is 16.5. The van der Waals surface area contributed by atoms with Crippen molar-refractivity contribution in [3.05, 3.63) is 76.5 Å². The van der Waals surface area contributed by atoms with Gasteiger partial charge in [0.05, 0.1) is 39.6 Å². The van der Waals surface area contributed by atoms with Gasteiger partial charge in [-0.3, -0.25) is 0 Å². The molecule has 0 radical (unpaired) electrons. The van der Waals surface area contributed by atoms with Gasteiger partial charge in [0, 0.05) is 48.8 Å². The van der Waals surface area contributed by atoms with Crippen molar-refractivity contribution in [2.24, 2.45) is 20.0 Å². The third kappa shape index (κ3) is 10.6. The highest BCUT2D eigenvalue weighted by molar-refractivity contribution is 6.03. The van der Waals surface area contributed by atoms with Crippen LogP contribution >= 0.6 is 0 Å². The Balaban J connectivity index is 1.40. The van der Waals surface area contributed by atoms with Crippen LogP contribution in [-0.4, -0.2) is 59.6 Å². The van der Waals surface area contributed by atoms with Crippen LogP contribution in [0.25, 0.3) is 43.1 Å². The van der Waals surface area contributed by atoms with Crippen LogP contribution in [0.15, 0.2) is 74.6 Å². The van der Waals surface area contributed by atoms with E-state index in [4.69, 9.17) is 54.1 Å². The number of hydrogen-bond acceptors (Lipinski definition) is 11. The molecular weight excluding hydrogens is 895 g/mol. The number of anilines is 1. The predicted molar refractivity (Wildman–Crippen MR) is 283 cm³/mol. The topological polar surface area (TPSA) is 194 Å². The van der Waals surface area contributed by atoms with Crippen LogP contribution in [0.3, 0.4) is 0 Å². The van der Waals surface area contributed by atoms with Crippen LogP contribution in [0.1, 0.15) is 119 Å². The van der Waals surface area contributed by atoms with Gasteiger partial charge in [-0.05, 0) is 93.1 Å². The summed E-state index contributed by atoms with van der Waals surface area (Å²) in [4.78, 5) is 36.0. The molecule has 0 aliphatic carbocycles. The number of nitrogens with one attached hydrogen (secondary N) is 4. The van der Waals surface area contributed by atoms with Gasteiger partial charge < -0.3 is 54.1 Å². The van der Waals surface area contributed by atoms with Crippen molar-refractivity contribution in [3.8, 4) is 34.5 Å². The number of ether oxygens (including phenoxy) is 6. The zero-order valence-corrected chi connectivity index (χ0v) is 42.2. The lowest BCUT2D eigenvalue weighted by Gasteiger charge is -2.13. The maximum absolute atomic E-state index is 6.50. The van der Waals surface area contributed by atoms with E-state index in [2.05, 4.69) is 61.5 Å². The van der Waals surface area contributed by atoms with E-state index in [1.165, 1.54) is 0 Å². The maximum Gasteiger partial charge on any atom is 0.161 e. The molecule has 0 saturated heterocycles. The molecule has 8 aromatic rings. The number of H-pyrrole nitrogens is 4. The first-order valence-corrected chi connectivity index (χ1v) is 26.0. The predicted octanol–water partition coefficient (Wildman–Crippen LogP) is 12.4. The summed E-state index contributed by atoms with van der Waals surface area (Å²) in [5.41, 5.74) is 9.37. The van der Waals surface area contributed by atoms with Gasteiger partial charge in [0.15, 0.2) is 34.5 Å². The number of nitrogens with zero attached hydrogens (tertiary/aromatic N) is 4. The Hall–Kier alpha value is -7.16. The Morgan fingerprint density at radius 2 is 0.577 bits per heavy atom. The Kier molecular flexibility index (Phi) is 15.6. The minimum atomic E-state index is 0.546. The number of aromatic nitrogens is 4. The second kappa shape index (κ2) is 22.7. The molecule has 71 heavy (non-hydrogen) atoms. The summed E-state index contributed by atoms with van der Waals surface area (Å²) in [5.74, 6) is 6.17. The number of unbranched alkanes of at least 4 members (excludes halogenated alkanes) is 6. The number of aromatic amines is 4. The molecule has 0 saturated carbocycles. The molecule has 15 nitrogen and oxygen atoms in total. The summed E-state index contributed by atoms with van der Waals surface area (Å²) in [5, 5.41) is 6.46. The highest BCUT2D eigenvalue weighted by Gasteiger charge is 2.21. The first-order chi connectivity index (χ1) is 34.8. The highest BCUT2D eigenvalue weighted by Crippen LogP contribution is 2.43. The van der Waals surface area contributed by atoms with Crippen molar-refractivity contribution >= 4 is 72.0 Å². The third-order valence-corrected chi connectivity index (χ3v) is 12.7. The van der Waals surface area contributed by atoms with E-state index in [0.717, 1.165) is 120 Å². The molecule has 0 spiro atoms. The summed E-state index contributed by atoms with van der Waals surface area (Å²) < 4.78 is 38.8. The average molecular weight is 964 g/mol. The number of nitrogens with two attached hydrogens (primary N) is 1. The van der Waals surface area contributed by atoms with Gasteiger partial charge in [-0.2, -0.15) is 0 Å². The summed E-state index contributed by atoms with van der Waals surface area (Å²) in [6, 6.07) is 17.9. The molecular formula is C56H69N9O6. The van der Waals surface area contributed by atoms with Crippen molar-refractivity contribution < 1.29 is 28.4 Å². The minimum absolute atomic E-state index is 0.546.